The van der Waals surface area contributed by atoms with Crippen molar-refractivity contribution >= 4 is 11.0 Å². The monoisotopic (exact) mass is 407 g/mol. The molecular formula is C26H37N3O. The van der Waals surface area contributed by atoms with Crippen LogP contribution in [-0.4, -0.2) is 37.7 Å². The number of imidazole rings is 1. The molecule has 162 valence electrons. The highest BCUT2D eigenvalue weighted by atomic mass is 16.3. The Bertz CT molecular complexity index is 895. The standard InChI is InChI=1S/C26H37N3O/c1-17-9-10-20-14-22(29-24-8-3-2-7-23(24)27-26(29)16-30)15-25(17)28(20)21-12-18-5-4-6-19(11-18)13-21/h2-3,7-8,17-22,25,30H,4-6,9-16H2,1H3/t17-,18-,19+,20+,21+,22?,25+/m0/s1. The highest BCUT2D eigenvalue weighted by Crippen LogP contribution is 2.49. The minimum atomic E-state index is 0.0335. The van der Waals surface area contributed by atoms with E-state index in [1.165, 1.54) is 69.7 Å². The van der Waals surface area contributed by atoms with E-state index in [1.54, 1.807) is 0 Å². The van der Waals surface area contributed by atoms with Crippen molar-refractivity contribution in [1.82, 2.24) is 14.5 Å². The van der Waals surface area contributed by atoms with Crippen molar-refractivity contribution < 1.29 is 5.11 Å². The summed E-state index contributed by atoms with van der Waals surface area (Å²) >= 11 is 0. The van der Waals surface area contributed by atoms with Gasteiger partial charge in [0.2, 0.25) is 0 Å². The van der Waals surface area contributed by atoms with Gasteiger partial charge in [0, 0.05) is 24.2 Å². The number of hydrogen-bond donors (Lipinski definition) is 1. The van der Waals surface area contributed by atoms with Gasteiger partial charge in [-0.15, -0.1) is 0 Å². The van der Waals surface area contributed by atoms with Gasteiger partial charge in [0.1, 0.15) is 12.4 Å². The molecule has 4 heteroatoms. The lowest BCUT2D eigenvalue weighted by atomic mass is 9.67. The van der Waals surface area contributed by atoms with Crippen LogP contribution >= 0.6 is 0 Å². The number of benzene rings is 1. The Morgan fingerprint density at radius 2 is 1.70 bits per heavy atom. The fourth-order valence-electron chi connectivity index (χ4n) is 7.98. The van der Waals surface area contributed by atoms with E-state index in [0.29, 0.717) is 18.1 Å². The summed E-state index contributed by atoms with van der Waals surface area (Å²) in [5.41, 5.74) is 2.24. The van der Waals surface area contributed by atoms with Crippen LogP contribution < -0.4 is 0 Å². The fourth-order valence-corrected chi connectivity index (χ4v) is 7.98. The second-order valence-corrected chi connectivity index (χ2v) is 10.9. The van der Waals surface area contributed by atoms with Crippen molar-refractivity contribution in [3.05, 3.63) is 30.1 Å². The van der Waals surface area contributed by atoms with Crippen LogP contribution in [0.4, 0.5) is 0 Å². The Kier molecular flexibility index (Phi) is 4.91. The summed E-state index contributed by atoms with van der Waals surface area (Å²) in [4.78, 5) is 7.80. The topological polar surface area (TPSA) is 41.3 Å². The van der Waals surface area contributed by atoms with Crippen LogP contribution in [0.3, 0.4) is 0 Å². The molecule has 4 bridgehead atoms. The molecule has 6 rings (SSSR count). The van der Waals surface area contributed by atoms with Crippen LogP contribution in [0.1, 0.15) is 83.0 Å². The normalized spacial score (nSPS) is 39.3. The Morgan fingerprint density at radius 1 is 0.900 bits per heavy atom. The van der Waals surface area contributed by atoms with E-state index >= 15 is 0 Å². The molecule has 7 atom stereocenters. The van der Waals surface area contributed by atoms with E-state index in [-0.39, 0.29) is 6.61 Å². The molecule has 3 heterocycles. The first-order valence-electron chi connectivity index (χ1n) is 12.6. The van der Waals surface area contributed by atoms with Crippen LogP contribution in [-0.2, 0) is 6.61 Å². The molecule has 1 N–H and O–H groups in total. The van der Waals surface area contributed by atoms with E-state index < -0.39 is 0 Å². The molecule has 1 aromatic heterocycles. The van der Waals surface area contributed by atoms with Crippen molar-refractivity contribution in [3.63, 3.8) is 0 Å². The van der Waals surface area contributed by atoms with Gasteiger partial charge in [-0.1, -0.05) is 38.3 Å². The van der Waals surface area contributed by atoms with Crippen LogP contribution in [0.5, 0.6) is 0 Å². The van der Waals surface area contributed by atoms with Gasteiger partial charge in [0.05, 0.1) is 11.0 Å². The zero-order valence-corrected chi connectivity index (χ0v) is 18.4. The second kappa shape index (κ2) is 7.63. The molecule has 2 aliphatic carbocycles. The van der Waals surface area contributed by atoms with E-state index in [2.05, 4.69) is 40.7 Å². The quantitative estimate of drug-likeness (QED) is 0.750. The van der Waals surface area contributed by atoms with Gasteiger partial charge in [0.15, 0.2) is 0 Å². The zero-order valence-electron chi connectivity index (χ0n) is 18.4. The van der Waals surface area contributed by atoms with Crippen molar-refractivity contribution in [2.24, 2.45) is 17.8 Å². The number of piperidine rings is 2. The van der Waals surface area contributed by atoms with Gasteiger partial charge in [-0.3, -0.25) is 4.90 Å². The molecule has 4 fully saturated rings. The molecule has 4 aliphatic rings. The van der Waals surface area contributed by atoms with Crippen molar-refractivity contribution in [2.75, 3.05) is 0 Å². The summed E-state index contributed by atoms with van der Waals surface area (Å²) in [5.74, 6) is 3.62. The highest BCUT2D eigenvalue weighted by Gasteiger charge is 2.47. The van der Waals surface area contributed by atoms with Crippen molar-refractivity contribution in [1.29, 1.82) is 0 Å². The minimum absolute atomic E-state index is 0.0335. The molecule has 30 heavy (non-hydrogen) atoms. The maximum Gasteiger partial charge on any atom is 0.135 e. The first kappa shape index (κ1) is 19.3. The van der Waals surface area contributed by atoms with Gasteiger partial charge in [-0.05, 0) is 74.8 Å². The number of fused-ring (bicyclic) bond motifs is 5. The molecule has 1 unspecified atom stereocenters. The first-order valence-corrected chi connectivity index (χ1v) is 12.6. The number of rotatable bonds is 3. The summed E-state index contributed by atoms with van der Waals surface area (Å²) in [6.45, 7) is 2.53. The zero-order chi connectivity index (χ0) is 20.2. The van der Waals surface area contributed by atoms with E-state index in [1.807, 2.05) is 0 Å². The number of aliphatic hydroxyl groups excluding tert-OH is 1. The summed E-state index contributed by atoms with van der Waals surface area (Å²) in [7, 11) is 0. The highest BCUT2D eigenvalue weighted by molar-refractivity contribution is 5.76. The van der Waals surface area contributed by atoms with Gasteiger partial charge < -0.3 is 9.67 Å². The summed E-state index contributed by atoms with van der Waals surface area (Å²) < 4.78 is 2.40. The molecular weight excluding hydrogens is 370 g/mol. The molecule has 2 saturated carbocycles. The van der Waals surface area contributed by atoms with Gasteiger partial charge in [-0.2, -0.15) is 0 Å². The third-order valence-corrected chi connectivity index (χ3v) is 9.17. The number of aliphatic hydroxyl groups is 1. The maximum absolute atomic E-state index is 10.1. The largest absolute Gasteiger partial charge is 0.388 e. The molecule has 1 aromatic carbocycles. The van der Waals surface area contributed by atoms with E-state index in [0.717, 1.165) is 35.1 Å². The Balaban J connectivity index is 1.32. The molecule has 0 amide bonds. The number of para-hydroxylation sites is 2. The molecule has 0 spiro atoms. The molecule has 2 saturated heterocycles. The lowest BCUT2D eigenvalue weighted by Gasteiger charge is -2.57. The van der Waals surface area contributed by atoms with E-state index in [4.69, 9.17) is 4.98 Å². The molecule has 2 aromatic rings. The lowest BCUT2D eigenvalue weighted by Crippen LogP contribution is -2.60. The third kappa shape index (κ3) is 3.14. The summed E-state index contributed by atoms with van der Waals surface area (Å²) in [5, 5.41) is 10.1. The number of hydrogen-bond acceptors (Lipinski definition) is 3. The van der Waals surface area contributed by atoms with Crippen LogP contribution in [0.2, 0.25) is 0 Å². The lowest BCUT2D eigenvalue weighted by molar-refractivity contribution is -0.0695. The van der Waals surface area contributed by atoms with Crippen LogP contribution in [0, 0.1) is 17.8 Å². The molecule has 4 nitrogen and oxygen atoms in total. The smallest absolute Gasteiger partial charge is 0.135 e. The van der Waals surface area contributed by atoms with E-state index in [9.17, 15) is 5.11 Å². The van der Waals surface area contributed by atoms with Crippen molar-refractivity contribution in [2.45, 2.75) is 102 Å². The van der Waals surface area contributed by atoms with Gasteiger partial charge in [-0.25, -0.2) is 4.98 Å². The SMILES string of the molecule is C[C@H]1CC[C@@H]2CC(n3c(CO)nc4ccccc43)C[C@H]1N2[C@H]1C[C@@H]2CCC[C@@H](C2)C1. The van der Waals surface area contributed by atoms with Crippen LogP contribution in [0.15, 0.2) is 24.3 Å². The van der Waals surface area contributed by atoms with Gasteiger partial charge >= 0.3 is 0 Å². The summed E-state index contributed by atoms with van der Waals surface area (Å²) in [6.07, 6.45) is 14.0. The first-order chi connectivity index (χ1) is 14.7. The number of nitrogens with zero attached hydrogens (tertiary/aromatic N) is 3. The molecule has 0 radical (unpaired) electrons. The third-order valence-electron chi connectivity index (χ3n) is 9.17. The maximum atomic E-state index is 10.1. The predicted octanol–water partition coefficient (Wildman–Crippen LogP) is 5.30. The van der Waals surface area contributed by atoms with Gasteiger partial charge in [0.25, 0.3) is 0 Å². The Labute approximate surface area is 180 Å². The Hall–Kier alpha value is -1.39. The Morgan fingerprint density at radius 3 is 2.50 bits per heavy atom. The summed E-state index contributed by atoms with van der Waals surface area (Å²) in [6, 6.07) is 11.1. The molecule has 2 aliphatic heterocycles. The minimum Gasteiger partial charge on any atom is -0.388 e. The van der Waals surface area contributed by atoms with Crippen molar-refractivity contribution in [3.8, 4) is 0 Å². The second-order valence-electron chi connectivity index (χ2n) is 10.9. The predicted molar refractivity (Wildman–Crippen MR) is 120 cm³/mol. The average Bonchev–Trinajstić information content (AvgIpc) is 3.14. The number of aromatic nitrogens is 2. The van der Waals surface area contributed by atoms with Crippen LogP contribution in [0.25, 0.3) is 11.0 Å². The average molecular weight is 408 g/mol. The fraction of sp³-hybridized carbons (Fsp3) is 0.731.